The summed E-state index contributed by atoms with van der Waals surface area (Å²) >= 11 is 0. The summed E-state index contributed by atoms with van der Waals surface area (Å²) in [5, 5.41) is 0. The average molecular weight is 973 g/mol. The summed E-state index contributed by atoms with van der Waals surface area (Å²) in [6, 6.07) is 38.9. The van der Waals surface area contributed by atoms with Crippen LogP contribution >= 0.6 is 0 Å². The minimum Gasteiger partial charge on any atom is -0.459 e. The van der Waals surface area contributed by atoms with Crippen LogP contribution in [0.3, 0.4) is 0 Å². The maximum atomic E-state index is 15.4. The topological polar surface area (TPSA) is 170 Å². The van der Waals surface area contributed by atoms with E-state index in [1.807, 2.05) is 142 Å². The molecule has 0 unspecified atom stereocenters. The monoisotopic (exact) mass is 972 g/mol. The lowest BCUT2D eigenvalue weighted by atomic mass is 9.51. The first kappa shape index (κ1) is 47.8. The normalized spacial score (nSPS) is 37.4. The number of carbonyl (C=O) groups excluding carboxylic acids is 4. The van der Waals surface area contributed by atoms with Gasteiger partial charge in [-0.2, -0.15) is 0 Å². The van der Waals surface area contributed by atoms with Gasteiger partial charge in [0.05, 0.1) is 49.8 Å². The maximum absolute atomic E-state index is 15.4. The van der Waals surface area contributed by atoms with Crippen molar-refractivity contribution in [2.75, 3.05) is 6.61 Å². The molecule has 0 aromatic heterocycles. The van der Waals surface area contributed by atoms with Crippen molar-refractivity contribution < 1.29 is 71.3 Å². The van der Waals surface area contributed by atoms with E-state index in [1.54, 1.807) is 6.92 Å². The Bertz CT molecular complexity index is 2610. The molecule has 15 atom stereocenters. The summed E-state index contributed by atoms with van der Waals surface area (Å²) in [7, 11) is 0. The highest BCUT2D eigenvalue weighted by Crippen LogP contribution is 2.85. The van der Waals surface area contributed by atoms with Crippen molar-refractivity contribution in [1.82, 2.24) is 0 Å². The molecule has 71 heavy (non-hydrogen) atoms. The largest absolute Gasteiger partial charge is 0.459 e. The summed E-state index contributed by atoms with van der Waals surface area (Å²) in [4.78, 5) is 56.9. The molecule has 2 spiro atoms. The maximum Gasteiger partial charge on any atom is 0.350 e. The molecule has 374 valence electrons. The number of benzene rings is 4. The van der Waals surface area contributed by atoms with Gasteiger partial charge in [-0.25, -0.2) is 9.59 Å². The van der Waals surface area contributed by atoms with Crippen LogP contribution in [0.25, 0.3) is 0 Å². The van der Waals surface area contributed by atoms with Crippen LogP contribution in [0, 0.1) is 28.1 Å². The Balaban J connectivity index is 1.05. The van der Waals surface area contributed by atoms with Crippen LogP contribution in [0.5, 0.6) is 0 Å². The Labute approximate surface area is 412 Å². The molecule has 0 bridgehead atoms. The highest BCUT2D eigenvalue weighted by molar-refractivity contribution is 5.94. The summed E-state index contributed by atoms with van der Waals surface area (Å²) in [5.41, 5.74) is -4.08. The van der Waals surface area contributed by atoms with Gasteiger partial charge in [0.1, 0.15) is 36.6 Å². The Kier molecular flexibility index (Phi) is 12.3. The van der Waals surface area contributed by atoms with Crippen molar-refractivity contribution in [3.63, 3.8) is 0 Å². The minimum atomic E-state index is -2.15. The van der Waals surface area contributed by atoms with E-state index in [9.17, 15) is 14.4 Å². The molecule has 2 saturated carbocycles. The van der Waals surface area contributed by atoms with Crippen LogP contribution < -0.4 is 0 Å². The Hall–Kier alpha value is -5.52. The fourth-order valence-electron chi connectivity index (χ4n) is 13.6. The first-order valence-electron chi connectivity index (χ1n) is 24.6. The van der Waals surface area contributed by atoms with Gasteiger partial charge in [0.2, 0.25) is 18.0 Å². The quantitative estimate of drug-likeness (QED) is 0.0834. The highest BCUT2D eigenvalue weighted by Gasteiger charge is 3.02. The van der Waals surface area contributed by atoms with Crippen molar-refractivity contribution in [3.05, 3.63) is 144 Å². The summed E-state index contributed by atoms with van der Waals surface area (Å²) in [6.45, 7) is 9.61. The Morgan fingerprint density at radius 2 is 1.20 bits per heavy atom. The molecule has 0 N–H and O–H groups in total. The van der Waals surface area contributed by atoms with Gasteiger partial charge in [0, 0.05) is 13.3 Å². The number of ether oxygens (including phenoxy) is 11. The SMILES string of the molecule is CC(=O)O[C@H]1C(=O)O[C@H]2O[C@]34C(=O)O[C@@H]5C[C@@H](C(C)(C)C)[C@@]21[C@@]53C[C@@H]1OC(=O)[C@@H](C)[C@@]14O[C@@H]1O[C@H](COCc2ccccc2)[C@@H](OCc2ccccc2)[C@H](OCc2ccccc2)[C@H]1OCc1ccccc1. The van der Waals surface area contributed by atoms with E-state index in [0.717, 1.165) is 22.3 Å². The molecule has 15 heteroatoms. The van der Waals surface area contributed by atoms with Crippen LogP contribution in [-0.4, -0.2) is 97.0 Å². The molecule has 5 heterocycles. The van der Waals surface area contributed by atoms with E-state index in [4.69, 9.17) is 52.1 Å². The van der Waals surface area contributed by atoms with Gasteiger partial charge in [0.25, 0.3) is 0 Å². The third kappa shape index (κ3) is 7.32. The molecule has 4 aromatic carbocycles. The van der Waals surface area contributed by atoms with Crippen LogP contribution in [0.1, 0.15) is 69.7 Å². The van der Waals surface area contributed by atoms with Crippen molar-refractivity contribution >= 4 is 23.9 Å². The molecule has 0 radical (unpaired) electrons. The van der Waals surface area contributed by atoms with Crippen molar-refractivity contribution in [1.29, 1.82) is 0 Å². The van der Waals surface area contributed by atoms with Gasteiger partial charge in [-0.3, -0.25) is 9.59 Å². The molecule has 5 aliphatic heterocycles. The summed E-state index contributed by atoms with van der Waals surface area (Å²) in [6.07, 6.45) is -9.86. The van der Waals surface area contributed by atoms with Crippen LogP contribution in [0.15, 0.2) is 121 Å². The van der Waals surface area contributed by atoms with Gasteiger partial charge in [-0.1, -0.05) is 142 Å². The van der Waals surface area contributed by atoms with Crippen LogP contribution in [0.2, 0.25) is 0 Å². The second-order valence-corrected chi connectivity index (χ2v) is 21.1. The van der Waals surface area contributed by atoms with E-state index in [2.05, 4.69) is 0 Å². The number of hydrogen-bond acceptors (Lipinski definition) is 15. The van der Waals surface area contributed by atoms with E-state index in [1.165, 1.54) is 6.92 Å². The fourth-order valence-corrected chi connectivity index (χ4v) is 13.6. The molecule has 15 nitrogen and oxygen atoms in total. The van der Waals surface area contributed by atoms with E-state index in [-0.39, 0.29) is 45.9 Å². The molecular weight excluding hydrogens is 913 g/mol. The number of esters is 4. The average Bonchev–Trinajstić information content (AvgIpc) is 4.09. The molecule has 7 aliphatic rings. The second kappa shape index (κ2) is 18.2. The van der Waals surface area contributed by atoms with Crippen LogP contribution in [0.4, 0.5) is 0 Å². The third-order valence-electron chi connectivity index (χ3n) is 16.3. The number of fused-ring (bicyclic) bond motifs is 1. The van der Waals surface area contributed by atoms with E-state index >= 15 is 4.79 Å². The zero-order valence-electron chi connectivity index (χ0n) is 40.5. The molecule has 0 amide bonds. The Morgan fingerprint density at radius 1 is 0.662 bits per heavy atom. The molecule has 11 rings (SSSR count). The third-order valence-corrected chi connectivity index (χ3v) is 16.3. The minimum absolute atomic E-state index is 0.000383. The number of rotatable bonds is 16. The van der Waals surface area contributed by atoms with Crippen molar-refractivity contribution in [2.24, 2.45) is 28.1 Å². The van der Waals surface area contributed by atoms with Gasteiger partial charge in [-0.15, -0.1) is 0 Å². The van der Waals surface area contributed by atoms with Gasteiger partial charge in [0.15, 0.2) is 11.9 Å². The van der Waals surface area contributed by atoms with E-state index < -0.39 is 118 Å². The van der Waals surface area contributed by atoms with Crippen molar-refractivity contribution in [3.8, 4) is 0 Å². The highest BCUT2D eigenvalue weighted by atomic mass is 16.8. The first-order valence-corrected chi connectivity index (χ1v) is 24.6. The zero-order valence-corrected chi connectivity index (χ0v) is 40.5. The molecule has 5 saturated heterocycles. The molecular formula is C56H60O15. The standard InChI is InChI=1S/C56H60O15/c1-33-47(58)67-42-27-53-41-26-40(52(3,4)5)54(53)46(65-34(2)57)48(59)69-51(54)71-56(53,50(60)68-41)55(33,42)70-49-45(64-31-38-24-16-9-17-25-38)44(63-30-37-22-14-8-15-23-37)43(62-29-36-20-12-7-13-21-36)39(66-49)32-61-28-35-18-10-6-11-19-35/h6-25,33,39-46,49,51H,26-32H2,1-5H3/t33-,39-,40+,41-,42+,43-,44+,45-,46+,49+,51+,53-,54+,55-,56-/m1/s1. The summed E-state index contributed by atoms with van der Waals surface area (Å²) in [5.74, 6) is -4.58. The molecule has 7 fully saturated rings. The van der Waals surface area contributed by atoms with E-state index in [0.29, 0.717) is 0 Å². The Morgan fingerprint density at radius 3 is 1.75 bits per heavy atom. The molecule has 4 aromatic rings. The lowest BCUT2D eigenvalue weighted by Crippen LogP contribution is -2.71. The summed E-state index contributed by atoms with van der Waals surface area (Å²) < 4.78 is 74.4. The van der Waals surface area contributed by atoms with Crippen molar-refractivity contribution in [2.45, 2.75) is 140 Å². The van der Waals surface area contributed by atoms with Crippen LogP contribution in [-0.2, 0) is 97.7 Å². The second-order valence-electron chi connectivity index (χ2n) is 21.1. The lowest BCUT2D eigenvalue weighted by molar-refractivity contribution is -0.369. The zero-order chi connectivity index (χ0) is 49.3. The van der Waals surface area contributed by atoms with Gasteiger partial charge < -0.3 is 52.1 Å². The smallest absolute Gasteiger partial charge is 0.350 e. The first-order chi connectivity index (χ1) is 34.2. The fraction of sp³-hybridized carbons (Fsp3) is 0.500. The predicted octanol–water partition coefficient (Wildman–Crippen LogP) is 6.95. The van der Waals surface area contributed by atoms with Gasteiger partial charge in [-0.05, 0) is 46.9 Å². The lowest BCUT2D eigenvalue weighted by Gasteiger charge is -2.51. The van der Waals surface area contributed by atoms with Gasteiger partial charge >= 0.3 is 23.9 Å². The molecule has 2 aliphatic carbocycles. The predicted molar refractivity (Wildman–Crippen MR) is 249 cm³/mol. The number of carbonyl (C=O) groups is 4. The number of hydrogen-bond donors (Lipinski definition) is 0.